The topological polar surface area (TPSA) is 71.9 Å². The Kier molecular flexibility index (Phi) is 4.91. The number of fused-ring (bicyclic) bond motifs is 2. The molecular weight excluding hydrogens is 320 g/mol. The second kappa shape index (κ2) is 6.83. The number of aryl methyl sites for hydroxylation is 1. The maximum absolute atomic E-state index is 12.5. The Labute approximate surface area is 149 Å². The molecule has 2 aliphatic heterocycles. The summed E-state index contributed by atoms with van der Waals surface area (Å²) in [5.41, 5.74) is 1.16. The Morgan fingerprint density at radius 2 is 1.92 bits per heavy atom. The summed E-state index contributed by atoms with van der Waals surface area (Å²) < 4.78 is 11.7. The van der Waals surface area contributed by atoms with Gasteiger partial charge in [0.25, 0.3) is 0 Å². The van der Waals surface area contributed by atoms with Crippen molar-refractivity contribution in [2.45, 2.75) is 83.8 Å². The number of aromatic nitrogens is 1. The highest BCUT2D eigenvalue weighted by atomic mass is 16.6. The fourth-order valence-electron chi connectivity index (χ4n) is 3.87. The third-order valence-corrected chi connectivity index (χ3v) is 4.75. The van der Waals surface area contributed by atoms with E-state index in [1.54, 1.807) is 6.07 Å². The Balaban J connectivity index is 1.66. The molecule has 6 nitrogen and oxygen atoms in total. The van der Waals surface area contributed by atoms with Gasteiger partial charge in [-0.25, -0.2) is 9.78 Å². The van der Waals surface area contributed by atoms with Gasteiger partial charge < -0.3 is 19.5 Å². The van der Waals surface area contributed by atoms with E-state index in [4.69, 9.17) is 9.47 Å². The van der Waals surface area contributed by atoms with Gasteiger partial charge in [0.05, 0.1) is 6.61 Å². The van der Waals surface area contributed by atoms with Gasteiger partial charge >= 0.3 is 6.09 Å². The van der Waals surface area contributed by atoms with Crippen molar-refractivity contribution in [3.63, 3.8) is 0 Å². The summed E-state index contributed by atoms with van der Waals surface area (Å²) in [6, 6.07) is 3.97. The van der Waals surface area contributed by atoms with Gasteiger partial charge in [0.15, 0.2) is 0 Å². The molecule has 1 aromatic rings. The first-order valence-electron chi connectivity index (χ1n) is 9.01. The van der Waals surface area contributed by atoms with E-state index >= 15 is 0 Å². The lowest BCUT2D eigenvalue weighted by atomic mass is 10.00. The largest absolute Gasteiger partial charge is 0.474 e. The molecular formula is C19H28N2O4. The van der Waals surface area contributed by atoms with Crippen LogP contribution in [0.25, 0.3) is 0 Å². The van der Waals surface area contributed by atoms with E-state index in [0.717, 1.165) is 36.9 Å². The fourth-order valence-corrected chi connectivity index (χ4v) is 3.87. The van der Waals surface area contributed by atoms with Crippen LogP contribution in [0.5, 0.6) is 5.88 Å². The number of nitrogens with zero attached hydrogens (tertiary/aromatic N) is 2. The van der Waals surface area contributed by atoms with Crippen molar-refractivity contribution in [3.8, 4) is 5.88 Å². The molecule has 1 amide bonds. The van der Waals surface area contributed by atoms with Gasteiger partial charge in [0.2, 0.25) is 5.88 Å². The van der Waals surface area contributed by atoms with Crippen molar-refractivity contribution < 1.29 is 19.4 Å². The van der Waals surface area contributed by atoms with Crippen molar-refractivity contribution in [1.82, 2.24) is 9.88 Å². The van der Waals surface area contributed by atoms with E-state index in [1.807, 2.05) is 38.7 Å². The van der Waals surface area contributed by atoms with Crippen LogP contribution in [0, 0.1) is 6.92 Å². The number of carbonyl (C=O) groups excluding carboxylic acids is 1. The second-order valence-corrected chi connectivity index (χ2v) is 8.10. The van der Waals surface area contributed by atoms with Crippen molar-refractivity contribution in [1.29, 1.82) is 0 Å². The summed E-state index contributed by atoms with van der Waals surface area (Å²) in [5.74, 6) is 0.555. The average molecular weight is 348 g/mol. The van der Waals surface area contributed by atoms with Crippen LogP contribution in [0.1, 0.15) is 57.7 Å². The van der Waals surface area contributed by atoms with Crippen molar-refractivity contribution in [3.05, 3.63) is 23.4 Å². The second-order valence-electron chi connectivity index (χ2n) is 8.10. The summed E-state index contributed by atoms with van der Waals surface area (Å²) in [6.07, 6.45) is 3.39. The van der Waals surface area contributed by atoms with Crippen LogP contribution in [0.3, 0.4) is 0 Å². The number of piperidine rings is 1. The minimum atomic E-state index is -0.476. The Morgan fingerprint density at radius 3 is 2.48 bits per heavy atom. The van der Waals surface area contributed by atoms with Gasteiger partial charge in [-0.1, -0.05) is 0 Å². The lowest BCUT2D eigenvalue weighted by Gasteiger charge is -2.39. The van der Waals surface area contributed by atoms with E-state index in [0.29, 0.717) is 5.88 Å². The number of hydrogen-bond acceptors (Lipinski definition) is 5. The molecule has 2 bridgehead atoms. The van der Waals surface area contributed by atoms with E-state index in [1.165, 1.54) is 0 Å². The minimum Gasteiger partial charge on any atom is -0.474 e. The van der Waals surface area contributed by atoms with Gasteiger partial charge in [0, 0.05) is 36.7 Å². The SMILES string of the molecule is Cc1cc(CO)cc(OC2C[C@H]3CC[C@@H](C2)N3C(=O)OC(C)(C)C)n1. The van der Waals surface area contributed by atoms with Crippen LogP contribution in [0.15, 0.2) is 12.1 Å². The van der Waals surface area contributed by atoms with Gasteiger partial charge in [-0.2, -0.15) is 0 Å². The van der Waals surface area contributed by atoms with Gasteiger partial charge in [-0.3, -0.25) is 0 Å². The first-order chi connectivity index (χ1) is 11.7. The van der Waals surface area contributed by atoms with Crippen LogP contribution in [0.2, 0.25) is 0 Å². The highest BCUT2D eigenvalue weighted by Gasteiger charge is 2.45. The van der Waals surface area contributed by atoms with Gasteiger partial charge in [-0.05, 0) is 52.2 Å². The van der Waals surface area contributed by atoms with Crippen molar-refractivity contribution in [2.24, 2.45) is 0 Å². The highest BCUT2D eigenvalue weighted by Crippen LogP contribution is 2.38. The molecule has 6 heteroatoms. The number of hydrogen-bond donors (Lipinski definition) is 1. The molecule has 1 unspecified atom stereocenters. The lowest BCUT2D eigenvalue weighted by Crippen LogP contribution is -2.50. The summed E-state index contributed by atoms with van der Waals surface area (Å²) in [6.45, 7) is 7.54. The smallest absolute Gasteiger partial charge is 0.410 e. The number of amides is 1. The Hall–Kier alpha value is -1.82. The maximum atomic E-state index is 12.5. The first kappa shape index (κ1) is 18.0. The molecule has 3 rings (SSSR count). The molecule has 0 saturated carbocycles. The number of pyridine rings is 1. The zero-order valence-electron chi connectivity index (χ0n) is 15.5. The molecule has 0 spiro atoms. The molecule has 2 fully saturated rings. The highest BCUT2D eigenvalue weighted by molar-refractivity contribution is 5.69. The first-order valence-corrected chi connectivity index (χ1v) is 9.01. The third-order valence-electron chi connectivity index (χ3n) is 4.75. The summed E-state index contributed by atoms with van der Waals surface area (Å²) in [7, 11) is 0. The molecule has 0 aliphatic carbocycles. The number of carbonyl (C=O) groups is 1. The van der Waals surface area contributed by atoms with Crippen LogP contribution in [-0.4, -0.2) is 44.9 Å². The quantitative estimate of drug-likeness (QED) is 0.908. The molecule has 0 aromatic carbocycles. The van der Waals surface area contributed by atoms with Crippen LogP contribution in [0.4, 0.5) is 4.79 Å². The number of rotatable bonds is 3. The minimum absolute atomic E-state index is 0.0257. The van der Waals surface area contributed by atoms with Crippen LogP contribution in [-0.2, 0) is 11.3 Å². The molecule has 3 atom stereocenters. The average Bonchev–Trinajstić information content (AvgIpc) is 2.76. The summed E-state index contributed by atoms with van der Waals surface area (Å²) >= 11 is 0. The van der Waals surface area contributed by atoms with Gasteiger partial charge in [-0.15, -0.1) is 0 Å². The number of aliphatic hydroxyl groups is 1. The predicted molar refractivity (Wildman–Crippen MR) is 93.4 cm³/mol. The van der Waals surface area contributed by atoms with E-state index in [-0.39, 0.29) is 30.9 Å². The van der Waals surface area contributed by atoms with E-state index in [9.17, 15) is 9.90 Å². The summed E-state index contributed by atoms with van der Waals surface area (Å²) in [5, 5.41) is 9.33. The molecule has 0 radical (unpaired) electrons. The van der Waals surface area contributed by atoms with Crippen LogP contribution >= 0.6 is 0 Å². The Bertz CT molecular complexity index is 627. The zero-order chi connectivity index (χ0) is 18.2. The normalized spacial score (nSPS) is 25.8. The number of ether oxygens (including phenoxy) is 2. The van der Waals surface area contributed by atoms with Crippen molar-refractivity contribution in [2.75, 3.05) is 0 Å². The molecule has 1 aromatic heterocycles. The molecule has 2 aliphatic rings. The summed E-state index contributed by atoms with van der Waals surface area (Å²) in [4.78, 5) is 18.8. The van der Waals surface area contributed by atoms with Crippen LogP contribution < -0.4 is 4.74 Å². The fraction of sp³-hybridized carbons (Fsp3) is 0.684. The lowest BCUT2D eigenvalue weighted by molar-refractivity contribution is -0.00762. The molecule has 25 heavy (non-hydrogen) atoms. The molecule has 1 N–H and O–H groups in total. The standard InChI is InChI=1S/C19H28N2O4/c1-12-7-13(11-22)8-17(20-12)24-16-9-14-5-6-15(10-16)21(14)18(23)25-19(2,3)4/h7-8,14-16,22H,5-6,9-11H2,1-4H3/t14-,15+,16?. The van der Waals surface area contributed by atoms with E-state index < -0.39 is 5.60 Å². The predicted octanol–water partition coefficient (Wildman–Crippen LogP) is 3.19. The third kappa shape index (κ3) is 4.24. The zero-order valence-corrected chi connectivity index (χ0v) is 15.5. The van der Waals surface area contributed by atoms with Gasteiger partial charge in [0.1, 0.15) is 11.7 Å². The monoisotopic (exact) mass is 348 g/mol. The molecule has 2 saturated heterocycles. The molecule has 138 valence electrons. The van der Waals surface area contributed by atoms with Crippen molar-refractivity contribution >= 4 is 6.09 Å². The van der Waals surface area contributed by atoms with E-state index in [2.05, 4.69) is 4.98 Å². The molecule has 3 heterocycles. The number of aliphatic hydroxyl groups excluding tert-OH is 1. The Morgan fingerprint density at radius 1 is 1.28 bits per heavy atom. The maximum Gasteiger partial charge on any atom is 0.410 e.